The zero-order valence-electron chi connectivity index (χ0n) is 16.3. The normalized spacial score (nSPS) is 10.8. The summed E-state index contributed by atoms with van der Waals surface area (Å²) in [7, 11) is 0. The lowest BCUT2D eigenvalue weighted by atomic mass is 10.1. The second-order valence-electron chi connectivity index (χ2n) is 6.98. The van der Waals surface area contributed by atoms with E-state index in [-0.39, 0.29) is 5.91 Å². The van der Waals surface area contributed by atoms with E-state index >= 15 is 0 Å². The van der Waals surface area contributed by atoms with Gasteiger partial charge in [-0.25, -0.2) is 0 Å². The van der Waals surface area contributed by atoms with Gasteiger partial charge in [0.05, 0.1) is 12.8 Å². The van der Waals surface area contributed by atoms with E-state index in [1.165, 1.54) is 23.4 Å². The summed E-state index contributed by atoms with van der Waals surface area (Å²) in [6.07, 6.45) is 7.48. The number of amides is 1. The Morgan fingerprint density at radius 3 is 2.86 bits per heavy atom. The highest BCUT2D eigenvalue weighted by Gasteiger charge is 2.05. The van der Waals surface area contributed by atoms with Gasteiger partial charge < -0.3 is 15.0 Å². The van der Waals surface area contributed by atoms with E-state index in [1.807, 2.05) is 36.4 Å². The number of anilines is 1. The van der Waals surface area contributed by atoms with Gasteiger partial charge >= 0.3 is 0 Å². The average molecular weight is 385 g/mol. The summed E-state index contributed by atoms with van der Waals surface area (Å²) < 4.78 is 5.93. The largest absolute Gasteiger partial charge is 0.492 e. The van der Waals surface area contributed by atoms with Gasteiger partial charge in [-0.3, -0.25) is 9.78 Å². The van der Waals surface area contributed by atoms with Crippen LogP contribution >= 0.6 is 0 Å². The van der Waals surface area contributed by atoms with Crippen LogP contribution in [0.5, 0.6) is 5.75 Å². The van der Waals surface area contributed by atoms with Gasteiger partial charge in [-0.1, -0.05) is 30.3 Å². The number of carbonyl (C=O) groups is 1. The Kier molecular flexibility index (Phi) is 5.56. The van der Waals surface area contributed by atoms with Crippen LogP contribution in [0.4, 0.5) is 5.69 Å². The average Bonchev–Trinajstić information content (AvgIpc) is 3.14. The van der Waals surface area contributed by atoms with Crippen molar-refractivity contribution in [1.82, 2.24) is 9.97 Å². The highest BCUT2D eigenvalue weighted by Crippen LogP contribution is 2.25. The quantitative estimate of drug-likeness (QED) is 0.430. The van der Waals surface area contributed by atoms with Gasteiger partial charge in [0.15, 0.2) is 0 Å². The highest BCUT2D eigenvalue weighted by molar-refractivity contribution is 5.89. The Labute approximate surface area is 169 Å². The van der Waals surface area contributed by atoms with Crippen LogP contribution in [-0.2, 0) is 11.2 Å². The molecule has 0 unspecified atom stereocenters. The number of nitrogens with zero attached hydrogens (tertiary/aromatic N) is 1. The molecule has 0 aliphatic heterocycles. The maximum atomic E-state index is 11.3. The number of ether oxygens (including phenoxy) is 1. The number of carbonyl (C=O) groups excluding carboxylic acids is 1. The van der Waals surface area contributed by atoms with Crippen molar-refractivity contribution in [1.29, 1.82) is 0 Å². The van der Waals surface area contributed by atoms with Gasteiger partial charge in [-0.15, -0.1) is 0 Å². The molecule has 0 atom stereocenters. The van der Waals surface area contributed by atoms with Gasteiger partial charge in [0.25, 0.3) is 0 Å². The molecule has 146 valence electrons. The molecule has 0 spiro atoms. The van der Waals surface area contributed by atoms with Crippen molar-refractivity contribution in [3.8, 4) is 16.9 Å². The van der Waals surface area contributed by atoms with E-state index in [0.717, 1.165) is 35.4 Å². The first-order valence-corrected chi connectivity index (χ1v) is 9.70. The molecule has 5 heteroatoms. The molecule has 0 radical (unpaired) electrons. The summed E-state index contributed by atoms with van der Waals surface area (Å²) in [5, 5.41) is 4.08. The number of para-hydroxylation sites is 1. The van der Waals surface area contributed by atoms with E-state index in [4.69, 9.17) is 4.74 Å². The van der Waals surface area contributed by atoms with Crippen LogP contribution in [0.25, 0.3) is 22.0 Å². The standard InChI is InChI=1S/C24H23N3O2/c1-17(28)27-21-8-4-6-18(12-21)20-13-22(16-25-14-20)29-11-5-7-19-15-26-24-10-3-2-9-23(19)24/h2-4,6,8-10,12-16,26H,5,7,11H2,1H3,(H,27,28). The van der Waals surface area contributed by atoms with Crippen LogP contribution in [0.2, 0.25) is 0 Å². The SMILES string of the molecule is CC(=O)Nc1cccc(-c2cncc(OCCCc3c[nH]c4ccccc34)c2)c1. The fourth-order valence-corrected chi connectivity index (χ4v) is 3.43. The van der Waals surface area contributed by atoms with E-state index in [2.05, 4.69) is 39.7 Å². The van der Waals surface area contributed by atoms with Crippen molar-refractivity contribution >= 4 is 22.5 Å². The van der Waals surface area contributed by atoms with Crippen molar-refractivity contribution in [3.05, 3.63) is 78.8 Å². The van der Waals surface area contributed by atoms with Crippen molar-refractivity contribution < 1.29 is 9.53 Å². The summed E-state index contributed by atoms with van der Waals surface area (Å²) in [6.45, 7) is 2.12. The Morgan fingerprint density at radius 1 is 1.07 bits per heavy atom. The Bertz CT molecular complexity index is 1130. The molecule has 0 saturated carbocycles. The van der Waals surface area contributed by atoms with Crippen LogP contribution in [0.3, 0.4) is 0 Å². The molecule has 0 saturated heterocycles. The zero-order chi connectivity index (χ0) is 20.1. The predicted octanol–water partition coefficient (Wildman–Crippen LogP) is 5.20. The van der Waals surface area contributed by atoms with Crippen LogP contribution in [0.15, 0.2) is 73.2 Å². The first-order chi connectivity index (χ1) is 14.2. The number of H-pyrrole nitrogens is 1. The van der Waals surface area contributed by atoms with Gasteiger partial charge in [-0.2, -0.15) is 0 Å². The minimum absolute atomic E-state index is 0.0902. The molecule has 29 heavy (non-hydrogen) atoms. The molecule has 2 N–H and O–H groups in total. The fraction of sp³-hybridized carbons (Fsp3) is 0.167. The van der Waals surface area contributed by atoms with Crippen molar-refractivity contribution in [2.75, 3.05) is 11.9 Å². The number of pyridine rings is 1. The molecule has 0 bridgehead atoms. The summed E-state index contributed by atoms with van der Waals surface area (Å²) >= 11 is 0. The third-order valence-corrected chi connectivity index (χ3v) is 4.76. The Balaban J connectivity index is 1.37. The van der Waals surface area contributed by atoms with Crippen LogP contribution in [0, 0.1) is 0 Å². The van der Waals surface area contributed by atoms with Gasteiger partial charge in [-0.05, 0) is 48.2 Å². The monoisotopic (exact) mass is 385 g/mol. The molecule has 0 aliphatic rings. The Hall–Kier alpha value is -3.60. The molecule has 2 aromatic carbocycles. The second-order valence-corrected chi connectivity index (χ2v) is 6.98. The summed E-state index contributed by atoms with van der Waals surface area (Å²) in [4.78, 5) is 18.9. The Morgan fingerprint density at radius 2 is 1.97 bits per heavy atom. The molecule has 1 amide bonds. The first-order valence-electron chi connectivity index (χ1n) is 9.70. The number of hydrogen-bond donors (Lipinski definition) is 2. The van der Waals surface area contributed by atoms with Crippen molar-refractivity contribution in [2.45, 2.75) is 19.8 Å². The molecule has 0 fully saturated rings. The second kappa shape index (κ2) is 8.61. The van der Waals surface area contributed by atoms with Crippen molar-refractivity contribution in [2.24, 2.45) is 0 Å². The third-order valence-electron chi connectivity index (χ3n) is 4.76. The summed E-state index contributed by atoms with van der Waals surface area (Å²) in [6, 6.07) is 18.0. The van der Waals surface area contributed by atoms with E-state index in [9.17, 15) is 4.79 Å². The minimum Gasteiger partial charge on any atom is -0.492 e. The van der Waals surface area contributed by atoms with Crippen LogP contribution in [-0.4, -0.2) is 22.5 Å². The topological polar surface area (TPSA) is 67.0 Å². The first kappa shape index (κ1) is 18.7. The molecule has 4 aromatic rings. The van der Waals surface area contributed by atoms with Crippen molar-refractivity contribution in [3.63, 3.8) is 0 Å². The fourth-order valence-electron chi connectivity index (χ4n) is 3.43. The van der Waals surface area contributed by atoms with Crippen LogP contribution in [0.1, 0.15) is 18.9 Å². The molecular weight excluding hydrogens is 362 g/mol. The lowest BCUT2D eigenvalue weighted by molar-refractivity contribution is -0.114. The number of aromatic nitrogens is 2. The molecule has 2 heterocycles. The number of hydrogen-bond acceptors (Lipinski definition) is 3. The van der Waals surface area contributed by atoms with Gasteiger partial charge in [0, 0.05) is 41.5 Å². The predicted molar refractivity (Wildman–Crippen MR) is 116 cm³/mol. The zero-order valence-corrected chi connectivity index (χ0v) is 16.3. The molecule has 2 aromatic heterocycles. The number of aromatic amines is 1. The number of benzene rings is 2. The van der Waals surface area contributed by atoms with Gasteiger partial charge in [0.2, 0.25) is 5.91 Å². The smallest absolute Gasteiger partial charge is 0.221 e. The van der Waals surface area contributed by atoms with E-state index in [0.29, 0.717) is 6.61 Å². The highest BCUT2D eigenvalue weighted by atomic mass is 16.5. The molecule has 0 aliphatic carbocycles. The van der Waals surface area contributed by atoms with E-state index < -0.39 is 0 Å². The maximum Gasteiger partial charge on any atom is 0.221 e. The molecule has 5 nitrogen and oxygen atoms in total. The summed E-state index contributed by atoms with van der Waals surface area (Å²) in [5.74, 6) is 0.652. The number of fused-ring (bicyclic) bond motifs is 1. The van der Waals surface area contributed by atoms with Gasteiger partial charge in [0.1, 0.15) is 5.75 Å². The number of aryl methyl sites for hydroxylation is 1. The van der Waals surface area contributed by atoms with E-state index in [1.54, 1.807) is 12.4 Å². The lowest BCUT2D eigenvalue weighted by Gasteiger charge is -2.09. The minimum atomic E-state index is -0.0902. The summed E-state index contributed by atoms with van der Waals surface area (Å²) in [5.41, 5.74) is 5.17. The molecule has 4 rings (SSSR count). The number of nitrogens with one attached hydrogen (secondary N) is 2. The number of rotatable bonds is 7. The maximum absolute atomic E-state index is 11.3. The lowest BCUT2D eigenvalue weighted by Crippen LogP contribution is -2.05. The van der Waals surface area contributed by atoms with Crippen LogP contribution < -0.4 is 10.1 Å². The molecular formula is C24H23N3O2. The third kappa shape index (κ3) is 4.63.